The van der Waals surface area contributed by atoms with Crippen LogP contribution in [0.3, 0.4) is 0 Å². The van der Waals surface area contributed by atoms with Gasteiger partial charge in [0.1, 0.15) is 5.69 Å². The Bertz CT molecular complexity index is 429. The molecule has 3 N–H and O–H groups in total. The van der Waals surface area contributed by atoms with Gasteiger partial charge in [-0.05, 0) is 13.3 Å². The fourth-order valence-electron chi connectivity index (χ4n) is 1.29. The number of nitro groups is 1. The second-order valence-electron chi connectivity index (χ2n) is 3.38. The number of hydrogen-bond donors (Lipinski definition) is 2. The minimum absolute atomic E-state index is 0.0728. The van der Waals surface area contributed by atoms with Crippen LogP contribution in [0.5, 0.6) is 0 Å². The highest BCUT2D eigenvalue weighted by Crippen LogP contribution is 2.30. The summed E-state index contributed by atoms with van der Waals surface area (Å²) in [6.07, 6.45) is 0.784. The van der Waals surface area contributed by atoms with E-state index in [0.29, 0.717) is 17.4 Å². The zero-order chi connectivity index (χ0) is 13.5. The van der Waals surface area contributed by atoms with Crippen molar-refractivity contribution in [2.75, 3.05) is 24.9 Å². The van der Waals surface area contributed by atoms with Crippen LogP contribution >= 0.6 is 11.8 Å². The van der Waals surface area contributed by atoms with Crippen LogP contribution in [0.2, 0.25) is 0 Å². The molecule has 0 aliphatic carbocycles. The minimum Gasteiger partial charge on any atom is -0.385 e. The van der Waals surface area contributed by atoms with E-state index >= 15 is 0 Å². The molecular formula is C9H15N5O3S. The maximum absolute atomic E-state index is 11.0. The zero-order valence-electron chi connectivity index (χ0n) is 10.2. The van der Waals surface area contributed by atoms with Gasteiger partial charge in [0.25, 0.3) is 0 Å². The quantitative estimate of drug-likeness (QED) is 0.189. The summed E-state index contributed by atoms with van der Waals surface area (Å²) in [5.74, 6) is 6.07. The van der Waals surface area contributed by atoms with E-state index in [1.807, 2.05) is 0 Å². The molecule has 1 aromatic rings. The predicted molar refractivity (Wildman–Crippen MR) is 68.5 cm³/mol. The lowest BCUT2D eigenvalue weighted by molar-refractivity contribution is -0.389. The largest absolute Gasteiger partial charge is 0.385 e. The minimum atomic E-state index is -0.478. The van der Waals surface area contributed by atoms with Crippen LogP contribution in [0.15, 0.2) is 5.03 Å². The van der Waals surface area contributed by atoms with Crippen LogP contribution in [0, 0.1) is 17.0 Å². The third-order valence-electron chi connectivity index (χ3n) is 2.07. The number of nitrogen functional groups attached to an aromatic ring is 1. The molecule has 0 aliphatic rings. The van der Waals surface area contributed by atoms with Gasteiger partial charge in [-0.1, -0.05) is 11.8 Å². The van der Waals surface area contributed by atoms with Gasteiger partial charge in [-0.25, -0.2) is 10.8 Å². The number of hydrazine groups is 1. The van der Waals surface area contributed by atoms with Crippen molar-refractivity contribution >= 4 is 23.4 Å². The number of aromatic nitrogens is 2. The summed E-state index contributed by atoms with van der Waals surface area (Å²) in [5, 5.41) is 11.3. The Hall–Kier alpha value is -1.45. The molecule has 0 saturated heterocycles. The van der Waals surface area contributed by atoms with E-state index in [9.17, 15) is 10.1 Å². The molecule has 18 heavy (non-hydrogen) atoms. The normalized spacial score (nSPS) is 10.4. The van der Waals surface area contributed by atoms with Crippen LogP contribution in [0.25, 0.3) is 0 Å². The summed E-state index contributed by atoms with van der Waals surface area (Å²) in [6.45, 7) is 2.16. The van der Waals surface area contributed by atoms with Gasteiger partial charge in [-0.2, -0.15) is 4.98 Å². The Morgan fingerprint density at radius 1 is 1.56 bits per heavy atom. The van der Waals surface area contributed by atoms with Crippen molar-refractivity contribution in [3.8, 4) is 0 Å². The van der Waals surface area contributed by atoms with Crippen molar-refractivity contribution in [1.82, 2.24) is 9.97 Å². The number of rotatable bonds is 7. The van der Waals surface area contributed by atoms with Crippen molar-refractivity contribution < 1.29 is 9.66 Å². The Kier molecular flexibility index (Phi) is 5.75. The molecule has 100 valence electrons. The number of nitrogens with one attached hydrogen (secondary N) is 1. The molecule has 1 heterocycles. The third kappa shape index (κ3) is 3.79. The van der Waals surface area contributed by atoms with E-state index < -0.39 is 4.92 Å². The first-order valence-corrected chi connectivity index (χ1v) is 6.20. The first-order chi connectivity index (χ1) is 8.60. The van der Waals surface area contributed by atoms with Crippen LogP contribution in [0.1, 0.15) is 12.1 Å². The number of nitrogens with zero attached hydrogens (tertiary/aromatic N) is 3. The second-order valence-corrected chi connectivity index (χ2v) is 4.47. The molecule has 0 bridgehead atoms. The molecule has 1 rings (SSSR count). The zero-order valence-corrected chi connectivity index (χ0v) is 11.0. The van der Waals surface area contributed by atoms with E-state index in [0.717, 1.165) is 6.42 Å². The summed E-state index contributed by atoms with van der Waals surface area (Å²) < 4.78 is 4.91. The summed E-state index contributed by atoms with van der Waals surface area (Å²) in [4.78, 5) is 18.4. The lowest BCUT2D eigenvalue weighted by Crippen LogP contribution is -2.12. The van der Waals surface area contributed by atoms with Gasteiger partial charge in [0.15, 0.2) is 5.03 Å². The maximum Gasteiger partial charge on any atom is 0.322 e. The smallest absolute Gasteiger partial charge is 0.322 e. The summed E-state index contributed by atoms with van der Waals surface area (Å²) in [7, 11) is 1.61. The van der Waals surface area contributed by atoms with Gasteiger partial charge in [-0.3, -0.25) is 15.5 Å². The maximum atomic E-state index is 11.0. The molecule has 0 amide bonds. The van der Waals surface area contributed by atoms with E-state index in [-0.39, 0.29) is 17.3 Å². The molecule has 8 nitrogen and oxygen atoms in total. The molecule has 9 heteroatoms. The van der Waals surface area contributed by atoms with Crippen molar-refractivity contribution in [2.24, 2.45) is 5.84 Å². The second kappa shape index (κ2) is 7.09. The van der Waals surface area contributed by atoms with Crippen LogP contribution in [0.4, 0.5) is 11.6 Å². The van der Waals surface area contributed by atoms with Gasteiger partial charge in [-0.15, -0.1) is 0 Å². The molecule has 0 radical (unpaired) electrons. The average Bonchev–Trinajstić information content (AvgIpc) is 2.33. The number of anilines is 1. The highest BCUT2D eigenvalue weighted by Gasteiger charge is 2.21. The molecule has 0 aliphatic heterocycles. The Balaban J connectivity index is 2.91. The third-order valence-corrected chi connectivity index (χ3v) is 3.12. The molecule has 1 aromatic heterocycles. The number of ether oxygens (including phenoxy) is 1. The predicted octanol–water partition coefficient (Wildman–Crippen LogP) is 1.11. The van der Waals surface area contributed by atoms with E-state index in [4.69, 9.17) is 10.6 Å². The van der Waals surface area contributed by atoms with E-state index in [2.05, 4.69) is 15.4 Å². The number of thioether (sulfide) groups is 1. The van der Waals surface area contributed by atoms with Crippen molar-refractivity contribution in [3.63, 3.8) is 0 Å². The van der Waals surface area contributed by atoms with Crippen LogP contribution < -0.4 is 11.3 Å². The van der Waals surface area contributed by atoms with E-state index in [1.54, 1.807) is 14.0 Å². The molecule has 0 atom stereocenters. The first-order valence-electron chi connectivity index (χ1n) is 5.21. The van der Waals surface area contributed by atoms with Crippen LogP contribution in [-0.4, -0.2) is 34.4 Å². The first kappa shape index (κ1) is 14.6. The molecule has 0 unspecified atom stereocenters. The van der Waals surface area contributed by atoms with Gasteiger partial charge >= 0.3 is 5.69 Å². The van der Waals surface area contributed by atoms with Crippen molar-refractivity contribution in [3.05, 3.63) is 15.8 Å². The molecule has 0 aromatic carbocycles. The Morgan fingerprint density at radius 3 is 2.83 bits per heavy atom. The monoisotopic (exact) mass is 273 g/mol. The lowest BCUT2D eigenvalue weighted by Gasteiger charge is -2.06. The molecule has 0 saturated carbocycles. The Labute approximate surface area is 108 Å². The van der Waals surface area contributed by atoms with E-state index in [1.165, 1.54) is 11.8 Å². The molecular weight excluding hydrogens is 258 g/mol. The lowest BCUT2D eigenvalue weighted by atomic mass is 10.4. The standard InChI is InChI=1S/C9H15N5O3S/c1-6-7(14(15)16)8(12-9(11-6)13-10)18-5-3-4-17-2/h3-5,10H2,1-2H3,(H,11,12,13). The molecule has 0 spiro atoms. The number of nitrogens with two attached hydrogens (primary N) is 1. The highest BCUT2D eigenvalue weighted by atomic mass is 32.2. The highest BCUT2D eigenvalue weighted by molar-refractivity contribution is 7.99. The number of hydrogen-bond acceptors (Lipinski definition) is 8. The summed E-state index contributed by atoms with van der Waals surface area (Å²) >= 11 is 1.29. The van der Waals surface area contributed by atoms with Gasteiger partial charge < -0.3 is 4.74 Å². The van der Waals surface area contributed by atoms with Crippen molar-refractivity contribution in [2.45, 2.75) is 18.4 Å². The fourth-order valence-corrected chi connectivity index (χ4v) is 2.25. The number of aryl methyl sites for hydroxylation is 1. The van der Waals surface area contributed by atoms with Crippen molar-refractivity contribution in [1.29, 1.82) is 0 Å². The Morgan fingerprint density at radius 2 is 2.28 bits per heavy atom. The topological polar surface area (TPSA) is 116 Å². The van der Waals surface area contributed by atoms with Gasteiger partial charge in [0.2, 0.25) is 5.95 Å². The van der Waals surface area contributed by atoms with Gasteiger partial charge in [0, 0.05) is 19.5 Å². The summed E-state index contributed by atoms with van der Waals surface area (Å²) in [6, 6.07) is 0. The molecule has 0 fully saturated rings. The van der Waals surface area contributed by atoms with Gasteiger partial charge in [0.05, 0.1) is 4.92 Å². The fraction of sp³-hybridized carbons (Fsp3) is 0.556. The summed E-state index contributed by atoms with van der Waals surface area (Å²) in [5.41, 5.74) is 2.51. The average molecular weight is 273 g/mol. The number of methoxy groups -OCH3 is 1. The SMILES string of the molecule is COCCCSc1nc(NN)nc(C)c1[N+](=O)[O-]. The van der Waals surface area contributed by atoms with Crippen LogP contribution in [-0.2, 0) is 4.74 Å².